The predicted octanol–water partition coefficient (Wildman–Crippen LogP) is 1.46. The smallest absolute Gasteiger partial charge is 0.308 e. The van der Waals surface area contributed by atoms with Gasteiger partial charge < -0.3 is 24.4 Å². The Morgan fingerprint density at radius 3 is 2.85 bits per heavy atom. The fraction of sp³-hybridized carbons (Fsp3) is 0.471. The van der Waals surface area contributed by atoms with Gasteiger partial charge in [-0.05, 0) is 25.0 Å². The Bertz CT molecular complexity index is 753. The molecule has 9 heteroatoms. The Morgan fingerprint density at radius 2 is 2.12 bits per heavy atom. The first-order valence-electron chi connectivity index (χ1n) is 8.22. The lowest BCUT2D eigenvalue weighted by molar-refractivity contribution is -0.145. The third-order valence-corrected chi connectivity index (χ3v) is 4.80. The van der Waals surface area contributed by atoms with E-state index < -0.39 is 11.9 Å². The van der Waals surface area contributed by atoms with Crippen LogP contribution in [0.1, 0.15) is 23.2 Å². The third-order valence-electron chi connectivity index (χ3n) is 4.52. The van der Waals surface area contributed by atoms with Crippen molar-refractivity contribution in [1.29, 1.82) is 0 Å². The number of halogens is 1. The standard InChI is InChI=1S/C17H19ClN2O6/c1-19(8-14(21)20-4-2-3-10(7-20)17(23)24)16(22)11-5-12(18)15-13(6-11)25-9-26-15/h5-6,10H,2-4,7-9H2,1H3,(H,23,24). The highest BCUT2D eigenvalue weighted by atomic mass is 35.5. The number of nitrogens with zero attached hydrogens (tertiary/aromatic N) is 2. The van der Waals surface area contributed by atoms with Crippen LogP contribution in [0.5, 0.6) is 11.5 Å². The van der Waals surface area contributed by atoms with Crippen molar-refractivity contribution in [1.82, 2.24) is 9.80 Å². The first-order chi connectivity index (χ1) is 12.4. The largest absolute Gasteiger partial charge is 0.481 e. The van der Waals surface area contributed by atoms with Crippen LogP contribution >= 0.6 is 11.6 Å². The zero-order chi connectivity index (χ0) is 18.8. The highest BCUT2D eigenvalue weighted by Gasteiger charge is 2.29. The summed E-state index contributed by atoms with van der Waals surface area (Å²) in [6, 6.07) is 3.00. The van der Waals surface area contributed by atoms with E-state index in [4.69, 9.17) is 26.2 Å². The summed E-state index contributed by atoms with van der Waals surface area (Å²) in [5.74, 6) is -1.33. The van der Waals surface area contributed by atoms with Gasteiger partial charge in [-0.2, -0.15) is 0 Å². The third kappa shape index (κ3) is 3.70. The van der Waals surface area contributed by atoms with E-state index in [-0.39, 0.29) is 42.3 Å². The molecule has 0 bridgehead atoms. The molecule has 1 fully saturated rings. The molecule has 1 N–H and O–H groups in total. The average Bonchev–Trinajstić information content (AvgIpc) is 3.10. The maximum Gasteiger partial charge on any atom is 0.308 e. The molecule has 0 radical (unpaired) electrons. The molecule has 1 unspecified atom stereocenters. The van der Waals surface area contributed by atoms with Gasteiger partial charge in [-0.1, -0.05) is 11.6 Å². The molecule has 1 aromatic rings. The molecule has 26 heavy (non-hydrogen) atoms. The van der Waals surface area contributed by atoms with E-state index in [0.29, 0.717) is 30.9 Å². The Balaban J connectivity index is 1.65. The van der Waals surface area contributed by atoms with Gasteiger partial charge in [0.05, 0.1) is 17.5 Å². The van der Waals surface area contributed by atoms with Gasteiger partial charge in [0.15, 0.2) is 11.5 Å². The maximum absolute atomic E-state index is 12.6. The fourth-order valence-corrected chi connectivity index (χ4v) is 3.36. The number of piperidine rings is 1. The van der Waals surface area contributed by atoms with Crippen LogP contribution in [0.4, 0.5) is 0 Å². The van der Waals surface area contributed by atoms with Crippen LogP contribution in [0.25, 0.3) is 0 Å². The van der Waals surface area contributed by atoms with Gasteiger partial charge in [0.25, 0.3) is 5.91 Å². The summed E-state index contributed by atoms with van der Waals surface area (Å²) in [5, 5.41) is 9.39. The molecule has 1 aromatic carbocycles. The molecule has 0 spiro atoms. The molecule has 0 aliphatic carbocycles. The number of rotatable bonds is 4. The van der Waals surface area contributed by atoms with E-state index in [9.17, 15) is 14.4 Å². The van der Waals surface area contributed by atoms with Gasteiger partial charge >= 0.3 is 5.97 Å². The summed E-state index contributed by atoms with van der Waals surface area (Å²) in [5.41, 5.74) is 0.289. The molecule has 2 heterocycles. The number of hydrogen-bond acceptors (Lipinski definition) is 5. The molecule has 0 aromatic heterocycles. The van der Waals surface area contributed by atoms with Gasteiger partial charge in [-0.15, -0.1) is 0 Å². The molecule has 2 amide bonds. The number of hydrogen-bond donors (Lipinski definition) is 1. The summed E-state index contributed by atoms with van der Waals surface area (Å²) in [4.78, 5) is 38.9. The number of benzene rings is 1. The Kier molecular flexibility index (Phi) is 5.22. The van der Waals surface area contributed by atoms with E-state index >= 15 is 0 Å². The second kappa shape index (κ2) is 7.41. The number of ether oxygens (including phenoxy) is 2. The molecule has 1 saturated heterocycles. The van der Waals surface area contributed by atoms with E-state index in [1.54, 1.807) is 0 Å². The Labute approximate surface area is 155 Å². The molecule has 140 valence electrons. The van der Waals surface area contributed by atoms with Gasteiger partial charge in [-0.25, -0.2) is 0 Å². The van der Waals surface area contributed by atoms with Crippen molar-refractivity contribution in [3.63, 3.8) is 0 Å². The van der Waals surface area contributed by atoms with E-state index in [1.165, 1.54) is 29.0 Å². The molecule has 0 saturated carbocycles. The zero-order valence-electron chi connectivity index (χ0n) is 14.2. The van der Waals surface area contributed by atoms with Gasteiger partial charge in [0.2, 0.25) is 12.7 Å². The van der Waals surface area contributed by atoms with Gasteiger partial charge in [0.1, 0.15) is 0 Å². The number of aliphatic carboxylic acids is 1. The molecular weight excluding hydrogens is 364 g/mol. The average molecular weight is 383 g/mol. The lowest BCUT2D eigenvalue weighted by atomic mass is 9.98. The van der Waals surface area contributed by atoms with Crippen molar-refractivity contribution >= 4 is 29.4 Å². The van der Waals surface area contributed by atoms with Gasteiger partial charge in [-0.3, -0.25) is 14.4 Å². The lowest BCUT2D eigenvalue weighted by Crippen LogP contribution is -2.46. The van der Waals surface area contributed by atoms with E-state index in [2.05, 4.69) is 0 Å². The second-order valence-corrected chi connectivity index (χ2v) is 6.78. The number of amides is 2. The van der Waals surface area contributed by atoms with E-state index in [1.807, 2.05) is 0 Å². The van der Waals surface area contributed by atoms with Crippen LogP contribution in [0.15, 0.2) is 12.1 Å². The highest BCUT2D eigenvalue weighted by molar-refractivity contribution is 6.32. The van der Waals surface area contributed by atoms with Crippen molar-refractivity contribution in [3.05, 3.63) is 22.7 Å². The molecule has 1 atom stereocenters. The minimum Gasteiger partial charge on any atom is -0.481 e. The van der Waals surface area contributed by atoms with Crippen LogP contribution < -0.4 is 9.47 Å². The Morgan fingerprint density at radius 1 is 1.35 bits per heavy atom. The maximum atomic E-state index is 12.6. The van der Waals surface area contributed by atoms with Crippen LogP contribution in [0.2, 0.25) is 5.02 Å². The number of likely N-dealkylation sites (tertiary alicyclic amines) is 1. The summed E-state index contributed by atoms with van der Waals surface area (Å²) >= 11 is 6.09. The topological polar surface area (TPSA) is 96.4 Å². The van der Waals surface area contributed by atoms with Crippen molar-refractivity contribution in [2.24, 2.45) is 5.92 Å². The van der Waals surface area contributed by atoms with Crippen LogP contribution in [-0.2, 0) is 9.59 Å². The minimum atomic E-state index is -0.901. The van der Waals surface area contributed by atoms with Crippen molar-refractivity contribution < 1.29 is 29.0 Å². The first-order valence-corrected chi connectivity index (χ1v) is 8.60. The summed E-state index contributed by atoms with van der Waals surface area (Å²) < 4.78 is 10.5. The molecule has 8 nitrogen and oxygen atoms in total. The van der Waals surface area contributed by atoms with E-state index in [0.717, 1.165) is 0 Å². The number of carbonyl (C=O) groups excluding carboxylic acids is 2. The second-order valence-electron chi connectivity index (χ2n) is 6.37. The zero-order valence-corrected chi connectivity index (χ0v) is 15.0. The van der Waals surface area contributed by atoms with Crippen LogP contribution in [0, 0.1) is 5.92 Å². The predicted molar refractivity (Wildman–Crippen MR) is 91.5 cm³/mol. The summed E-state index contributed by atoms with van der Waals surface area (Å²) in [6.45, 7) is 0.574. The Hall–Kier alpha value is -2.48. The minimum absolute atomic E-state index is 0.0424. The summed E-state index contributed by atoms with van der Waals surface area (Å²) in [7, 11) is 1.51. The monoisotopic (exact) mass is 382 g/mol. The summed E-state index contributed by atoms with van der Waals surface area (Å²) in [6.07, 6.45) is 1.20. The number of likely N-dealkylation sites (N-methyl/N-ethyl adjacent to an activating group) is 1. The highest BCUT2D eigenvalue weighted by Crippen LogP contribution is 2.40. The molecular formula is C17H19ClN2O6. The molecule has 2 aliphatic rings. The molecule has 2 aliphatic heterocycles. The number of carboxylic acid groups (broad SMARTS) is 1. The number of carbonyl (C=O) groups is 3. The fourth-order valence-electron chi connectivity index (χ4n) is 3.09. The normalized spacial score (nSPS) is 18.5. The van der Waals surface area contributed by atoms with Crippen LogP contribution in [-0.4, -0.2) is 66.2 Å². The quantitative estimate of drug-likeness (QED) is 0.847. The SMILES string of the molecule is CN(CC(=O)N1CCCC(C(=O)O)C1)C(=O)c1cc(Cl)c2c(c1)OCO2. The number of carboxylic acids is 1. The molecule has 3 rings (SSSR count). The van der Waals surface area contributed by atoms with Crippen LogP contribution in [0.3, 0.4) is 0 Å². The van der Waals surface area contributed by atoms with Crippen molar-refractivity contribution in [3.8, 4) is 11.5 Å². The van der Waals surface area contributed by atoms with Crippen molar-refractivity contribution in [2.45, 2.75) is 12.8 Å². The first kappa shape index (κ1) is 18.3. The number of fused-ring (bicyclic) bond motifs is 1. The lowest BCUT2D eigenvalue weighted by Gasteiger charge is -2.32. The van der Waals surface area contributed by atoms with Crippen molar-refractivity contribution in [2.75, 3.05) is 33.5 Å². The van der Waals surface area contributed by atoms with Gasteiger partial charge in [0, 0.05) is 25.7 Å².